The third kappa shape index (κ3) is 4.05. The van der Waals surface area contributed by atoms with Crippen molar-refractivity contribution >= 4 is 10.8 Å². The van der Waals surface area contributed by atoms with Gasteiger partial charge in [-0.3, -0.25) is 0 Å². The lowest BCUT2D eigenvalue weighted by molar-refractivity contribution is -0.677. The van der Waals surface area contributed by atoms with Crippen molar-refractivity contribution in [2.24, 2.45) is 7.05 Å². The monoisotopic (exact) mass is 481 g/mol. The Morgan fingerprint density at radius 3 is 2.00 bits per heavy atom. The van der Waals surface area contributed by atoms with Gasteiger partial charge in [0, 0.05) is 11.5 Å². The van der Waals surface area contributed by atoms with Gasteiger partial charge in [0.25, 0.3) is 0 Å². The Hall–Kier alpha value is -2.22. The third-order valence-corrected chi connectivity index (χ3v) is 4.60. The molecule has 0 unspecified atom stereocenters. The van der Waals surface area contributed by atoms with Gasteiger partial charge in [-0.2, -0.15) is 0 Å². The van der Waals surface area contributed by atoms with E-state index in [0.29, 0.717) is 17.2 Å². The lowest BCUT2D eigenvalue weighted by Crippen LogP contribution is -3.00. The van der Waals surface area contributed by atoms with Crippen LogP contribution in [0, 0.1) is 0 Å². The minimum Gasteiger partial charge on any atom is -1.00 e. The highest BCUT2D eigenvalue weighted by Crippen LogP contribution is 2.43. The van der Waals surface area contributed by atoms with Crippen LogP contribution >= 0.6 is 0 Å². The molecule has 1 aromatic heterocycles. The van der Waals surface area contributed by atoms with E-state index >= 15 is 0 Å². The number of pyridine rings is 1. The van der Waals surface area contributed by atoms with Gasteiger partial charge in [-0.1, -0.05) is 12.1 Å². The van der Waals surface area contributed by atoms with Crippen LogP contribution < -0.4 is 47.5 Å². The number of aromatic nitrogens is 1. The van der Waals surface area contributed by atoms with E-state index < -0.39 is 0 Å². The topological polar surface area (TPSA) is 40.8 Å². The molecule has 0 bridgehead atoms. The fourth-order valence-corrected chi connectivity index (χ4v) is 3.21. The number of hydrogen-bond donors (Lipinski definition) is 0. The Morgan fingerprint density at radius 1 is 0.778 bits per heavy atom. The maximum atomic E-state index is 5.64. The van der Waals surface area contributed by atoms with Gasteiger partial charge in [0.1, 0.15) is 12.8 Å². The number of ether oxygens (including phenoxy) is 4. The zero-order chi connectivity index (χ0) is 18.7. The van der Waals surface area contributed by atoms with E-state index in [1.165, 1.54) is 5.56 Å². The molecule has 0 N–H and O–H groups in total. The fraction of sp³-hybridized carbons (Fsp3) is 0.286. The Balaban J connectivity index is 0.00000261. The number of benzene rings is 2. The highest BCUT2D eigenvalue weighted by Gasteiger charge is 2.22. The number of methoxy groups -OCH3 is 4. The molecule has 3 rings (SSSR count). The van der Waals surface area contributed by atoms with Crippen LogP contribution in [0.5, 0.6) is 23.0 Å². The average Bonchev–Trinajstić information content (AvgIpc) is 2.68. The molecule has 0 saturated heterocycles. The fourth-order valence-electron chi connectivity index (χ4n) is 3.21. The highest BCUT2D eigenvalue weighted by atomic mass is 127. The van der Waals surface area contributed by atoms with Crippen LogP contribution in [0.2, 0.25) is 0 Å². The Labute approximate surface area is 176 Å². The summed E-state index contributed by atoms with van der Waals surface area (Å²) in [5.74, 6) is 2.79. The first-order chi connectivity index (χ1) is 12.6. The zero-order valence-electron chi connectivity index (χ0n) is 16.2. The van der Waals surface area contributed by atoms with Gasteiger partial charge in [-0.25, -0.2) is 4.57 Å². The molecule has 0 atom stereocenters. The summed E-state index contributed by atoms with van der Waals surface area (Å²) in [5.41, 5.74) is 2.36. The van der Waals surface area contributed by atoms with E-state index in [9.17, 15) is 0 Å². The van der Waals surface area contributed by atoms with Crippen LogP contribution in [0.1, 0.15) is 11.3 Å². The summed E-state index contributed by atoms with van der Waals surface area (Å²) >= 11 is 0. The van der Waals surface area contributed by atoms with Crippen molar-refractivity contribution in [2.75, 3.05) is 28.4 Å². The summed E-state index contributed by atoms with van der Waals surface area (Å²) in [7, 11) is 8.61. The number of fused-ring (bicyclic) bond motifs is 1. The predicted molar refractivity (Wildman–Crippen MR) is 101 cm³/mol. The quantitative estimate of drug-likeness (QED) is 0.375. The van der Waals surface area contributed by atoms with Crippen molar-refractivity contribution < 1.29 is 47.5 Å². The number of rotatable bonds is 6. The molecule has 0 fully saturated rings. The standard InChI is InChI=1S/C21H24NO4.HI/c1-22-11-10-16-17(13-19(24-3)21(26-5)20(16)25-4)18(22)12-14-6-8-15(23-2)9-7-14;/h6-11,13H,12H2,1-5H3;1H/q+1;/p-1. The first kappa shape index (κ1) is 21.1. The number of aryl methyl sites for hydroxylation is 1. The molecule has 0 saturated carbocycles. The molecular formula is C21H24INO4. The van der Waals surface area contributed by atoms with E-state index in [1.54, 1.807) is 28.4 Å². The van der Waals surface area contributed by atoms with Gasteiger partial charge in [0.15, 0.2) is 23.4 Å². The highest BCUT2D eigenvalue weighted by molar-refractivity contribution is 5.94. The van der Waals surface area contributed by atoms with Crippen LogP contribution in [0.4, 0.5) is 0 Å². The number of halogens is 1. The summed E-state index contributed by atoms with van der Waals surface area (Å²) in [6.45, 7) is 0. The molecule has 1 heterocycles. The predicted octanol–water partition coefficient (Wildman–Crippen LogP) is 0.294. The molecule has 0 amide bonds. The van der Waals surface area contributed by atoms with Crippen LogP contribution in [0.15, 0.2) is 42.6 Å². The Bertz CT molecular complexity index is 926. The molecule has 0 aliphatic carbocycles. The van der Waals surface area contributed by atoms with Crippen LogP contribution in [0.3, 0.4) is 0 Å². The number of hydrogen-bond acceptors (Lipinski definition) is 4. The zero-order valence-corrected chi connectivity index (χ0v) is 18.4. The molecule has 0 spiro atoms. The van der Waals surface area contributed by atoms with E-state index in [1.807, 2.05) is 37.5 Å². The summed E-state index contributed by atoms with van der Waals surface area (Å²) < 4.78 is 24.0. The molecule has 0 aliphatic rings. The molecule has 2 aromatic carbocycles. The largest absolute Gasteiger partial charge is 1.00 e. The third-order valence-electron chi connectivity index (χ3n) is 4.60. The van der Waals surface area contributed by atoms with E-state index in [-0.39, 0.29) is 24.0 Å². The molecule has 6 heteroatoms. The Kier molecular flexibility index (Phi) is 7.12. The summed E-state index contributed by atoms with van der Waals surface area (Å²) in [4.78, 5) is 0. The lowest BCUT2D eigenvalue weighted by atomic mass is 10.0. The summed E-state index contributed by atoms with van der Waals surface area (Å²) in [6.07, 6.45) is 2.81. The van der Waals surface area contributed by atoms with Gasteiger partial charge in [0.2, 0.25) is 5.75 Å². The SMILES string of the molecule is COc1ccc(Cc2c3cc(OC)c(OC)c(OC)c3cc[n+]2C)cc1.[I-]. The second kappa shape index (κ2) is 9.12. The van der Waals surface area contributed by atoms with Crippen molar-refractivity contribution in [3.63, 3.8) is 0 Å². The van der Waals surface area contributed by atoms with Crippen molar-refractivity contribution in [1.82, 2.24) is 0 Å². The van der Waals surface area contributed by atoms with Crippen molar-refractivity contribution in [1.29, 1.82) is 0 Å². The van der Waals surface area contributed by atoms with Gasteiger partial charge in [-0.15, -0.1) is 0 Å². The van der Waals surface area contributed by atoms with E-state index in [0.717, 1.165) is 28.6 Å². The molecule has 144 valence electrons. The smallest absolute Gasteiger partial charge is 0.203 e. The molecule has 0 aliphatic heterocycles. The average molecular weight is 481 g/mol. The van der Waals surface area contributed by atoms with Gasteiger partial charge < -0.3 is 42.9 Å². The molecule has 0 radical (unpaired) electrons. The maximum absolute atomic E-state index is 5.64. The first-order valence-corrected chi connectivity index (χ1v) is 8.36. The lowest BCUT2D eigenvalue weighted by Gasteiger charge is -2.15. The first-order valence-electron chi connectivity index (χ1n) is 8.36. The Morgan fingerprint density at radius 2 is 1.44 bits per heavy atom. The summed E-state index contributed by atoms with van der Waals surface area (Å²) in [6, 6.07) is 12.2. The molecule has 5 nitrogen and oxygen atoms in total. The second-order valence-corrected chi connectivity index (χ2v) is 6.00. The van der Waals surface area contributed by atoms with Crippen molar-refractivity contribution in [3.05, 3.63) is 53.9 Å². The summed E-state index contributed by atoms with van der Waals surface area (Å²) in [5, 5.41) is 2.06. The van der Waals surface area contributed by atoms with Crippen molar-refractivity contribution in [2.45, 2.75) is 6.42 Å². The maximum Gasteiger partial charge on any atom is 0.203 e. The minimum atomic E-state index is 0. The second-order valence-electron chi connectivity index (χ2n) is 6.00. The normalized spacial score (nSPS) is 10.3. The van der Waals surface area contributed by atoms with Crippen molar-refractivity contribution in [3.8, 4) is 23.0 Å². The minimum absolute atomic E-state index is 0. The van der Waals surface area contributed by atoms with Gasteiger partial charge in [0.05, 0.1) is 40.2 Å². The van der Waals surface area contributed by atoms with E-state index in [4.69, 9.17) is 18.9 Å². The van der Waals surface area contributed by atoms with Gasteiger partial charge in [-0.05, 0) is 23.8 Å². The van der Waals surface area contributed by atoms with Gasteiger partial charge >= 0.3 is 0 Å². The molecule has 27 heavy (non-hydrogen) atoms. The van der Waals surface area contributed by atoms with E-state index in [2.05, 4.69) is 16.7 Å². The van der Waals surface area contributed by atoms with Crippen LogP contribution in [-0.4, -0.2) is 28.4 Å². The molecule has 3 aromatic rings. The van der Waals surface area contributed by atoms with Crippen LogP contribution in [-0.2, 0) is 13.5 Å². The number of nitrogens with zero attached hydrogens (tertiary/aromatic N) is 1. The van der Waals surface area contributed by atoms with Crippen LogP contribution in [0.25, 0.3) is 10.8 Å². The molecular weight excluding hydrogens is 457 g/mol.